The normalized spacial score (nSPS) is 9.93. The van der Waals surface area contributed by atoms with Crippen molar-refractivity contribution in [3.05, 3.63) is 36.8 Å². The Hall–Kier alpha value is -2.10. The van der Waals surface area contributed by atoms with E-state index in [1.165, 1.54) is 0 Å². The Balaban J connectivity index is 2.59. The monoisotopic (exact) mass is 201 g/mol. The molecule has 0 saturated heterocycles. The zero-order chi connectivity index (χ0) is 10.7. The van der Waals surface area contributed by atoms with E-state index in [0.717, 1.165) is 11.3 Å². The summed E-state index contributed by atoms with van der Waals surface area (Å²) >= 11 is 0. The third-order valence-electron chi connectivity index (χ3n) is 2.10. The van der Waals surface area contributed by atoms with Gasteiger partial charge in [0.2, 0.25) is 0 Å². The summed E-state index contributed by atoms with van der Waals surface area (Å²) in [5.74, 6) is 0.704. The highest BCUT2D eigenvalue weighted by molar-refractivity contribution is 5.76. The molecule has 0 saturated carbocycles. The van der Waals surface area contributed by atoms with E-state index in [-0.39, 0.29) is 0 Å². The van der Waals surface area contributed by atoms with Crippen LogP contribution in [0, 0.1) is 0 Å². The van der Waals surface area contributed by atoms with Gasteiger partial charge in [-0.3, -0.25) is 9.97 Å². The molecule has 0 unspecified atom stereocenters. The Labute approximate surface area is 87.7 Å². The maximum absolute atomic E-state index is 5.82. The van der Waals surface area contributed by atoms with Gasteiger partial charge in [-0.25, -0.2) is 0 Å². The van der Waals surface area contributed by atoms with E-state index in [0.29, 0.717) is 11.4 Å². The van der Waals surface area contributed by atoms with Crippen LogP contribution in [0.4, 0.5) is 5.69 Å². The van der Waals surface area contributed by atoms with Crippen molar-refractivity contribution in [3.8, 4) is 17.0 Å². The molecule has 2 rings (SSSR count). The van der Waals surface area contributed by atoms with Gasteiger partial charge in [0.25, 0.3) is 0 Å². The zero-order valence-corrected chi connectivity index (χ0v) is 8.34. The minimum absolute atomic E-state index is 0.592. The van der Waals surface area contributed by atoms with Crippen molar-refractivity contribution < 1.29 is 4.74 Å². The third-order valence-corrected chi connectivity index (χ3v) is 2.10. The Bertz CT molecular complexity index is 471. The van der Waals surface area contributed by atoms with E-state index in [1.54, 1.807) is 25.7 Å². The first-order valence-corrected chi connectivity index (χ1v) is 4.52. The van der Waals surface area contributed by atoms with Crippen molar-refractivity contribution in [3.63, 3.8) is 0 Å². The number of nitrogen functional groups attached to an aromatic ring is 1. The van der Waals surface area contributed by atoms with Crippen LogP contribution in [0.2, 0.25) is 0 Å². The molecule has 0 atom stereocenters. The van der Waals surface area contributed by atoms with E-state index in [1.807, 2.05) is 18.2 Å². The van der Waals surface area contributed by atoms with Crippen LogP contribution < -0.4 is 10.5 Å². The smallest absolute Gasteiger partial charge is 0.145 e. The van der Waals surface area contributed by atoms with Crippen LogP contribution in [0.1, 0.15) is 0 Å². The van der Waals surface area contributed by atoms with Crippen molar-refractivity contribution in [2.45, 2.75) is 0 Å². The zero-order valence-electron chi connectivity index (χ0n) is 8.34. The molecule has 0 spiro atoms. The highest BCUT2D eigenvalue weighted by atomic mass is 16.5. The predicted octanol–water partition coefficient (Wildman–Crippen LogP) is 1.73. The largest absolute Gasteiger partial charge is 0.494 e. The number of hydrogen-bond acceptors (Lipinski definition) is 4. The molecule has 2 aromatic heterocycles. The molecular formula is C11H11N3O. The fraction of sp³-hybridized carbons (Fsp3) is 0.0909. The molecule has 4 heteroatoms. The SMILES string of the molecule is COc1cccnc1-c1ccncc1N. The number of methoxy groups -OCH3 is 1. The Morgan fingerprint density at radius 2 is 2.13 bits per heavy atom. The average Bonchev–Trinajstić information content (AvgIpc) is 2.30. The molecule has 2 aromatic rings. The summed E-state index contributed by atoms with van der Waals surface area (Å²) in [5.41, 5.74) is 7.98. The van der Waals surface area contributed by atoms with Crippen LogP contribution in [-0.2, 0) is 0 Å². The standard InChI is InChI=1S/C11H11N3O/c1-15-10-3-2-5-14-11(10)8-4-6-13-7-9(8)12/h2-7H,12H2,1H3. The minimum atomic E-state index is 0.592. The fourth-order valence-electron chi connectivity index (χ4n) is 1.38. The molecule has 0 radical (unpaired) electrons. The van der Waals surface area contributed by atoms with E-state index < -0.39 is 0 Å². The molecule has 0 amide bonds. The molecule has 15 heavy (non-hydrogen) atoms. The lowest BCUT2D eigenvalue weighted by molar-refractivity contribution is 0.415. The highest BCUT2D eigenvalue weighted by Crippen LogP contribution is 2.30. The van der Waals surface area contributed by atoms with Gasteiger partial charge in [-0.05, 0) is 18.2 Å². The van der Waals surface area contributed by atoms with Gasteiger partial charge in [0, 0.05) is 18.0 Å². The molecular weight excluding hydrogens is 190 g/mol. The second-order valence-electron chi connectivity index (χ2n) is 3.02. The van der Waals surface area contributed by atoms with Gasteiger partial charge >= 0.3 is 0 Å². The summed E-state index contributed by atoms with van der Waals surface area (Å²) in [5, 5.41) is 0. The Kier molecular flexibility index (Phi) is 2.49. The van der Waals surface area contributed by atoms with E-state index in [9.17, 15) is 0 Å². The summed E-state index contributed by atoms with van der Waals surface area (Å²) in [7, 11) is 1.61. The Morgan fingerprint density at radius 3 is 2.87 bits per heavy atom. The third kappa shape index (κ3) is 1.74. The first kappa shape index (κ1) is 9.45. The quantitative estimate of drug-likeness (QED) is 0.803. The van der Waals surface area contributed by atoms with Gasteiger partial charge in [0.05, 0.1) is 19.0 Å². The second-order valence-corrected chi connectivity index (χ2v) is 3.02. The van der Waals surface area contributed by atoms with Gasteiger partial charge in [-0.1, -0.05) is 0 Å². The number of hydrogen-bond donors (Lipinski definition) is 1. The first-order valence-electron chi connectivity index (χ1n) is 4.52. The first-order chi connectivity index (χ1) is 7.33. The summed E-state index contributed by atoms with van der Waals surface area (Å²) in [6.07, 6.45) is 4.99. The van der Waals surface area contributed by atoms with Crippen molar-refractivity contribution >= 4 is 5.69 Å². The van der Waals surface area contributed by atoms with Crippen LogP contribution in [0.3, 0.4) is 0 Å². The van der Waals surface area contributed by atoms with Crippen LogP contribution in [0.25, 0.3) is 11.3 Å². The topological polar surface area (TPSA) is 61.0 Å². The van der Waals surface area contributed by atoms with Gasteiger partial charge in [-0.2, -0.15) is 0 Å². The summed E-state index contributed by atoms with van der Waals surface area (Å²) in [6.45, 7) is 0. The molecule has 2 N–H and O–H groups in total. The maximum atomic E-state index is 5.82. The maximum Gasteiger partial charge on any atom is 0.145 e. The number of nitrogens with zero attached hydrogens (tertiary/aromatic N) is 2. The Morgan fingerprint density at radius 1 is 1.27 bits per heavy atom. The summed E-state index contributed by atoms with van der Waals surface area (Å²) in [6, 6.07) is 5.49. The molecule has 76 valence electrons. The lowest BCUT2D eigenvalue weighted by Crippen LogP contribution is -1.95. The van der Waals surface area contributed by atoms with Gasteiger partial charge in [0.15, 0.2) is 0 Å². The summed E-state index contributed by atoms with van der Waals surface area (Å²) < 4.78 is 5.22. The molecule has 0 fully saturated rings. The van der Waals surface area contributed by atoms with Crippen LogP contribution in [0.5, 0.6) is 5.75 Å². The lowest BCUT2D eigenvalue weighted by atomic mass is 10.1. The van der Waals surface area contributed by atoms with Crippen molar-refractivity contribution in [1.29, 1.82) is 0 Å². The van der Waals surface area contributed by atoms with E-state index in [2.05, 4.69) is 9.97 Å². The number of ether oxygens (including phenoxy) is 1. The molecule has 4 nitrogen and oxygen atoms in total. The van der Waals surface area contributed by atoms with Gasteiger partial charge < -0.3 is 10.5 Å². The van der Waals surface area contributed by atoms with Gasteiger partial charge in [0.1, 0.15) is 11.4 Å². The van der Waals surface area contributed by atoms with E-state index in [4.69, 9.17) is 10.5 Å². The average molecular weight is 201 g/mol. The van der Waals surface area contributed by atoms with Crippen molar-refractivity contribution in [1.82, 2.24) is 9.97 Å². The molecule has 0 bridgehead atoms. The van der Waals surface area contributed by atoms with Crippen LogP contribution >= 0.6 is 0 Å². The number of aromatic nitrogens is 2. The molecule has 0 aliphatic carbocycles. The lowest BCUT2D eigenvalue weighted by Gasteiger charge is -2.08. The highest BCUT2D eigenvalue weighted by Gasteiger charge is 2.08. The molecule has 0 aromatic carbocycles. The fourth-order valence-corrected chi connectivity index (χ4v) is 1.38. The molecule has 0 aliphatic heterocycles. The van der Waals surface area contributed by atoms with Crippen molar-refractivity contribution in [2.75, 3.05) is 12.8 Å². The van der Waals surface area contributed by atoms with Crippen LogP contribution in [0.15, 0.2) is 36.8 Å². The minimum Gasteiger partial charge on any atom is -0.494 e. The number of rotatable bonds is 2. The second kappa shape index (κ2) is 3.96. The summed E-state index contributed by atoms with van der Waals surface area (Å²) in [4.78, 5) is 8.18. The number of pyridine rings is 2. The molecule has 2 heterocycles. The number of anilines is 1. The van der Waals surface area contributed by atoms with Crippen molar-refractivity contribution in [2.24, 2.45) is 0 Å². The predicted molar refractivity (Wildman–Crippen MR) is 58.4 cm³/mol. The van der Waals surface area contributed by atoms with Gasteiger partial charge in [-0.15, -0.1) is 0 Å². The number of nitrogens with two attached hydrogens (primary N) is 1. The van der Waals surface area contributed by atoms with Crippen LogP contribution in [-0.4, -0.2) is 17.1 Å². The molecule has 0 aliphatic rings. The van der Waals surface area contributed by atoms with E-state index >= 15 is 0 Å².